The van der Waals surface area contributed by atoms with E-state index in [4.69, 9.17) is 10.5 Å². The number of anilines is 2. The van der Waals surface area contributed by atoms with Crippen LogP contribution in [0.15, 0.2) is 42.6 Å². The van der Waals surface area contributed by atoms with Gasteiger partial charge in [0.15, 0.2) is 11.6 Å². The molecular weight excluding hydrogens is 250 g/mol. The number of nitrogens with zero attached hydrogens (tertiary/aromatic N) is 1. The number of pyridine rings is 1. The molecule has 0 aliphatic carbocycles. The Morgan fingerprint density at radius 2 is 2.00 bits per heavy atom. The highest BCUT2D eigenvalue weighted by Gasteiger charge is 2.04. The second-order valence-corrected chi connectivity index (χ2v) is 4.56. The van der Waals surface area contributed by atoms with Gasteiger partial charge in [0, 0.05) is 11.9 Å². The summed E-state index contributed by atoms with van der Waals surface area (Å²) < 4.78 is 5.68. The quantitative estimate of drug-likeness (QED) is 0.812. The van der Waals surface area contributed by atoms with Crippen molar-refractivity contribution in [2.24, 2.45) is 5.73 Å². The highest BCUT2D eigenvalue weighted by atomic mass is 16.5. The van der Waals surface area contributed by atoms with Crippen molar-refractivity contribution in [3.63, 3.8) is 0 Å². The average molecular weight is 271 g/mol. The summed E-state index contributed by atoms with van der Waals surface area (Å²) >= 11 is 0. The van der Waals surface area contributed by atoms with Crippen molar-refractivity contribution < 1.29 is 4.74 Å². The molecule has 0 saturated carbocycles. The maximum Gasteiger partial charge on any atom is 0.173 e. The molecule has 20 heavy (non-hydrogen) atoms. The summed E-state index contributed by atoms with van der Waals surface area (Å²) in [5.41, 5.74) is 7.78. The molecule has 106 valence electrons. The molecule has 1 heterocycles. The van der Waals surface area contributed by atoms with Crippen LogP contribution < -0.4 is 15.8 Å². The molecule has 0 atom stereocenters. The van der Waals surface area contributed by atoms with Gasteiger partial charge in [0.1, 0.15) is 0 Å². The van der Waals surface area contributed by atoms with E-state index in [-0.39, 0.29) is 0 Å². The smallest absolute Gasteiger partial charge is 0.173 e. The van der Waals surface area contributed by atoms with Crippen LogP contribution in [0.4, 0.5) is 11.5 Å². The average Bonchev–Trinajstić information content (AvgIpc) is 2.49. The lowest BCUT2D eigenvalue weighted by atomic mass is 10.1. The fraction of sp³-hybridized carbons (Fsp3) is 0.312. The molecule has 0 saturated heterocycles. The molecule has 0 amide bonds. The molecule has 0 aliphatic rings. The van der Waals surface area contributed by atoms with Gasteiger partial charge in [0.25, 0.3) is 0 Å². The third-order valence-electron chi connectivity index (χ3n) is 2.88. The molecule has 1 aromatic carbocycles. The normalized spacial score (nSPS) is 10.3. The molecule has 3 N–H and O–H groups in total. The number of benzene rings is 1. The van der Waals surface area contributed by atoms with Crippen molar-refractivity contribution in [1.29, 1.82) is 0 Å². The number of aromatic nitrogens is 1. The number of ether oxygens (including phenoxy) is 1. The second-order valence-electron chi connectivity index (χ2n) is 4.56. The van der Waals surface area contributed by atoms with E-state index in [1.165, 1.54) is 5.56 Å². The standard InChI is InChI=1S/C16H21N3O/c1-2-12-20-15-4-3-11-18-16(15)19-14-7-5-13(6-8-14)9-10-17/h3-8,11H,2,9-10,12,17H2,1H3,(H,18,19). The number of rotatable bonds is 7. The van der Waals surface area contributed by atoms with Crippen LogP contribution in [0.5, 0.6) is 5.75 Å². The molecule has 4 nitrogen and oxygen atoms in total. The molecule has 2 rings (SSSR count). The third-order valence-corrected chi connectivity index (χ3v) is 2.88. The van der Waals surface area contributed by atoms with Gasteiger partial charge in [-0.15, -0.1) is 0 Å². The van der Waals surface area contributed by atoms with Crippen molar-refractivity contribution in [3.8, 4) is 5.75 Å². The van der Waals surface area contributed by atoms with E-state index >= 15 is 0 Å². The highest BCUT2D eigenvalue weighted by molar-refractivity contribution is 5.62. The van der Waals surface area contributed by atoms with E-state index < -0.39 is 0 Å². The Labute approximate surface area is 120 Å². The number of hydrogen-bond donors (Lipinski definition) is 2. The van der Waals surface area contributed by atoms with Crippen LogP contribution in [-0.4, -0.2) is 18.1 Å². The van der Waals surface area contributed by atoms with Crippen molar-refractivity contribution in [2.45, 2.75) is 19.8 Å². The van der Waals surface area contributed by atoms with Gasteiger partial charge in [0.2, 0.25) is 0 Å². The van der Waals surface area contributed by atoms with Crippen molar-refractivity contribution in [1.82, 2.24) is 4.98 Å². The summed E-state index contributed by atoms with van der Waals surface area (Å²) in [6, 6.07) is 12.0. The Balaban J connectivity index is 2.08. The number of nitrogens with one attached hydrogen (secondary N) is 1. The predicted octanol–water partition coefficient (Wildman–Crippen LogP) is 3.12. The van der Waals surface area contributed by atoms with E-state index in [1.807, 2.05) is 24.3 Å². The largest absolute Gasteiger partial charge is 0.490 e. The molecule has 0 aliphatic heterocycles. The van der Waals surface area contributed by atoms with E-state index in [0.29, 0.717) is 13.2 Å². The minimum Gasteiger partial charge on any atom is -0.490 e. The fourth-order valence-electron chi connectivity index (χ4n) is 1.87. The Hall–Kier alpha value is -2.07. The zero-order valence-corrected chi connectivity index (χ0v) is 11.8. The van der Waals surface area contributed by atoms with E-state index in [9.17, 15) is 0 Å². The molecule has 0 radical (unpaired) electrons. The first-order valence-electron chi connectivity index (χ1n) is 6.97. The van der Waals surface area contributed by atoms with Crippen LogP contribution in [0.1, 0.15) is 18.9 Å². The molecule has 0 unspecified atom stereocenters. The maximum absolute atomic E-state index is 5.68. The van der Waals surface area contributed by atoms with E-state index in [2.05, 4.69) is 29.4 Å². The van der Waals surface area contributed by atoms with E-state index in [0.717, 1.165) is 30.1 Å². The van der Waals surface area contributed by atoms with Crippen molar-refractivity contribution in [3.05, 3.63) is 48.2 Å². The number of nitrogens with two attached hydrogens (primary N) is 1. The Bertz CT molecular complexity index is 526. The SMILES string of the molecule is CCCOc1cccnc1Nc1ccc(CCN)cc1. The van der Waals surface area contributed by atoms with Gasteiger partial charge in [-0.2, -0.15) is 0 Å². The van der Waals surface area contributed by atoms with Crippen LogP contribution in [0, 0.1) is 0 Å². The van der Waals surface area contributed by atoms with Crippen LogP contribution >= 0.6 is 0 Å². The van der Waals surface area contributed by atoms with Gasteiger partial charge >= 0.3 is 0 Å². The van der Waals surface area contributed by atoms with Crippen LogP contribution in [0.3, 0.4) is 0 Å². The predicted molar refractivity (Wildman–Crippen MR) is 82.5 cm³/mol. The van der Waals surface area contributed by atoms with Crippen LogP contribution in [-0.2, 0) is 6.42 Å². The first-order valence-corrected chi connectivity index (χ1v) is 6.97. The highest BCUT2D eigenvalue weighted by Crippen LogP contribution is 2.25. The van der Waals surface area contributed by atoms with Gasteiger partial charge < -0.3 is 15.8 Å². The van der Waals surface area contributed by atoms with Gasteiger partial charge in [-0.05, 0) is 49.2 Å². The fourth-order valence-corrected chi connectivity index (χ4v) is 1.87. The summed E-state index contributed by atoms with van der Waals surface area (Å²) in [5.74, 6) is 1.52. The van der Waals surface area contributed by atoms with Crippen LogP contribution in [0.25, 0.3) is 0 Å². The summed E-state index contributed by atoms with van der Waals surface area (Å²) in [6.45, 7) is 3.44. The molecule has 1 aromatic heterocycles. The molecular formula is C16H21N3O. The van der Waals surface area contributed by atoms with Gasteiger partial charge in [-0.1, -0.05) is 19.1 Å². The summed E-state index contributed by atoms with van der Waals surface area (Å²) in [5, 5.41) is 3.28. The topological polar surface area (TPSA) is 60.2 Å². The summed E-state index contributed by atoms with van der Waals surface area (Å²) in [7, 11) is 0. The Kier molecular flexibility index (Phi) is 5.38. The lowest BCUT2D eigenvalue weighted by Gasteiger charge is -2.12. The maximum atomic E-state index is 5.68. The molecule has 0 spiro atoms. The first kappa shape index (κ1) is 14.3. The number of hydrogen-bond acceptors (Lipinski definition) is 4. The molecule has 0 bridgehead atoms. The van der Waals surface area contributed by atoms with Crippen LogP contribution in [0.2, 0.25) is 0 Å². The van der Waals surface area contributed by atoms with Gasteiger partial charge in [0.05, 0.1) is 6.61 Å². The second kappa shape index (κ2) is 7.50. The summed E-state index contributed by atoms with van der Waals surface area (Å²) in [6.07, 6.45) is 3.63. The van der Waals surface area contributed by atoms with E-state index in [1.54, 1.807) is 6.20 Å². The third kappa shape index (κ3) is 3.96. The lowest BCUT2D eigenvalue weighted by molar-refractivity contribution is 0.318. The van der Waals surface area contributed by atoms with Gasteiger partial charge in [-0.25, -0.2) is 4.98 Å². The Morgan fingerprint density at radius 1 is 1.20 bits per heavy atom. The molecule has 2 aromatic rings. The summed E-state index contributed by atoms with van der Waals surface area (Å²) in [4.78, 5) is 4.33. The monoisotopic (exact) mass is 271 g/mol. The zero-order chi connectivity index (χ0) is 14.2. The first-order chi connectivity index (χ1) is 9.83. The van der Waals surface area contributed by atoms with Crippen molar-refractivity contribution >= 4 is 11.5 Å². The van der Waals surface area contributed by atoms with Gasteiger partial charge in [-0.3, -0.25) is 0 Å². The minimum absolute atomic E-state index is 0.669. The molecule has 0 fully saturated rings. The lowest BCUT2D eigenvalue weighted by Crippen LogP contribution is -2.03. The molecule has 4 heteroatoms. The van der Waals surface area contributed by atoms with Crippen molar-refractivity contribution in [2.75, 3.05) is 18.5 Å². The Morgan fingerprint density at radius 3 is 2.70 bits per heavy atom. The zero-order valence-electron chi connectivity index (χ0n) is 11.8. The minimum atomic E-state index is 0.669.